The Kier molecular flexibility index (Phi) is 6.01. The zero-order valence-corrected chi connectivity index (χ0v) is 16.5. The topological polar surface area (TPSA) is 135 Å². The van der Waals surface area contributed by atoms with Crippen molar-refractivity contribution in [1.29, 1.82) is 0 Å². The van der Waals surface area contributed by atoms with Crippen molar-refractivity contribution in [3.05, 3.63) is 53.5 Å². The number of anilines is 1. The Morgan fingerprint density at radius 2 is 1.87 bits per heavy atom. The van der Waals surface area contributed by atoms with Crippen LogP contribution in [-0.2, 0) is 17.8 Å². The molecular formula is C21H21N3O6. The number of carbonyl (C=O) groups is 3. The van der Waals surface area contributed by atoms with Crippen molar-refractivity contribution in [2.45, 2.75) is 33.2 Å². The molecule has 1 amide bonds. The molecule has 2 aromatic heterocycles. The number of benzene rings is 1. The number of aryl methyl sites for hydroxylation is 2. The van der Waals surface area contributed by atoms with Gasteiger partial charge in [0, 0.05) is 37.3 Å². The monoisotopic (exact) mass is 411 g/mol. The molecule has 0 aliphatic rings. The molecule has 0 radical (unpaired) electrons. The molecule has 1 aromatic carbocycles. The number of hydrogen-bond donors (Lipinski definition) is 3. The predicted molar refractivity (Wildman–Crippen MR) is 108 cm³/mol. The van der Waals surface area contributed by atoms with Crippen LogP contribution < -0.4 is 5.32 Å². The summed E-state index contributed by atoms with van der Waals surface area (Å²) in [7, 11) is 0. The predicted octanol–water partition coefficient (Wildman–Crippen LogP) is 3.34. The number of carbonyl (C=O) groups excluding carboxylic acids is 2. The van der Waals surface area contributed by atoms with E-state index in [-0.39, 0.29) is 46.9 Å². The Morgan fingerprint density at radius 3 is 2.47 bits per heavy atom. The van der Waals surface area contributed by atoms with E-state index in [1.54, 1.807) is 22.9 Å². The molecule has 3 aromatic rings. The Labute approximate surface area is 171 Å². The molecule has 0 bridgehead atoms. The van der Waals surface area contributed by atoms with Gasteiger partial charge in [0.1, 0.15) is 11.3 Å². The highest BCUT2D eigenvalue weighted by Gasteiger charge is 2.22. The third kappa shape index (κ3) is 4.40. The summed E-state index contributed by atoms with van der Waals surface area (Å²) in [4.78, 5) is 35.9. The van der Waals surface area contributed by atoms with Gasteiger partial charge in [0.25, 0.3) is 0 Å². The Morgan fingerprint density at radius 1 is 1.17 bits per heavy atom. The van der Waals surface area contributed by atoms with E-state index in [1.807, 2.05) is 6.92 Å². The number of ketones is 1. The lowest BCUT2D eigenvalue weighted by Crippen LogP contribution is -2.14. The lowest BCUT2D eigenvalue weighted by Gasteiger charge is -2.04. The fourth-order valence-electron chi connectivity index (χ4n) is 3.07. The number of aromatic carboxylic acids is 1. The van der Waals surface area contributed by atoms with Crippen LogP contribution in [0.3, 0.4) is 0 Å². The molecule has 0 aliphatic heterocycles. The van der Waals surface area contributed by atoms with E-state index in [1.165, 1.54) is 25.3 Å². The molecule has 3 N–H and O–H groups in total. The summed E-state index contributed by atoms with van der Waals surface area (Å²) in [6.07, 6.45) is 3.13. The number of aromatic nitrogens is 2. The van der Waals surface area contributed by atoms with E-state index in [9.17, 15) is 24.6 Å². The highest BCUT2D eigenvalue weighted by molar-refractivity contribution is 6.02. The first kappa shape index (κ1) is 20.8. The zero-order valence-electron chi connectivity index (χ0n) is 16.5. The van der Waals surface area contributed by atoms with Crippen molar-refractivity contribution >= 4 is 23.3 Å². The molecule has 9 heteroatoms. The van der Waals surface area contributed by atoms with Gasteiger partial charge in [-0.25, -0.2) is 4.79 Å². The molecule has 30 heavy (non-hydrogen) atoms. The number of rotatable bonds is 8. The van der Waals surface area contributed by atoms with Crippen LogP contribution in [0.4, 0.5) is 5.69 Å². The molecule has 2 heterocycles. The van der Waals surface area contributed by atoms with E-state index in [0.717, 1.165) is 0 Å². The number of carboxylic acid groups (broad SMARTS) is 1. The van der Waals surface area contributed by atoms with E-state index in [0.29, 0.717) is 17.8 Å². The fraction of sp³-hybridized carbons (Fsp3) is 0.238. The van der Waals surface area contributed by atoms with E-state index in [2.05, 4.69) is 10.5 Å². The van der Waals surface area contributed by atoms with Gasteiger partial charge in [0.2, 0.25) is 5.91 Å². The summed E-state index contributed by atoms with van der Waals surface area (Å²) < 4.78 is 7.00. The van der Waals surface area contributed by atoms with Gasteiger partial charge >= 0.3 is 5.97 Å². The van der Waals surface area contributed by atoms with Crippen LogP contribution in [0.1, 0.15) is 46.7 Å². The maximum absolute atomic E-state index is 12.4. The number of Topliss-reactive ketones (excluding diaryl/α,β-unsaturated/α-hetero) is 1. The van der Waals surface area contributed by atoms with Crippen molar-refractivity contribution in [3.63, 3.8) is 0 Å². The second-order valence-corrected chi connectivity index (χ2v) is 6.71. The molecule has 3 rings (SSSR count). The molecular weight excluding hydrogens is 390 g/mol. The second-order valence-electron chi connectivity index (χ2n) is 6.71. The first-order valence-corrected chi connectivity index (χ1v) is 9.32. The summed E-state index contributed by atoms with van der Waals surface area (Å²) in [6.45, 7) is 3.81. The van der Waals surface area contributed by atoms with Crippen molar-refractivity contribution in [3.8, 4) is 17.1 Å². The summed E-state index contributed by atoms with van der Waals surface area (Å²) in [5.41, 5.74) is 1.41. The minimum Gasteiger partial charge on any atom is -0.508 e. The second kappa shape index (κ2) is 8.64. The molecule has 0 fully saturated rings. The highest BCUT2D eigenvalue weighted by Crippen LogP contribution is 2.29. The van der Waals surface area contributed by atoms with Crippen LogP contribution in [0.2, 0.25) is 0 Å². The summed E-state index contributed by atoms with van der Waals surface area (Å²) in [5, 5.41) is 25.3. The molecule has 9 nitrogen and oxygen atoms in total. The van der Waals surface area contributed by atoms with Crippen molar-refractivity contribution < 1.29 is 29.1 Å². The summed E-state index contributed by atoms with van der Waals surface area (Å²) in [5.74, 6) is -1.45. The largest absolute Gasteiger partial charge is 0.508 e. The normalized spacial score (nSPS) is 10.7. The number of amides is 1. The van der Waals surface area contributed by atoms with E-state index >= 15 is 0 Å². The highest BCUT2D eigenvalue weighted by atomic mass is 16.5. The molecule has 0 atom stereocenters. The van der Waals surface area contributed by atoms with Crippen LogP contribution in [0.5, 0.6) is 5.75 Å². The quantitative estimate of drug-likeness (QED) is 0.484. The van der Waals surface area contributed by atoms with Crippen molar-refractivity contribution in [2.24, 2.45) is 0 Å². The van der Waals surface area contributed by atoms with Gasteiger partial charge in [-0.2, -0.15) is 0 Å². The van der Waals surface area contributed by atoms with Crippen LogP contribution in [0.15, 0.2) is 41.2 Å². The Hall–Kier alpha value is -3.88. The van der Waals surface area contributed by atoms with Crippen LogP contribution in [0.25, 0.3) is 11.3 Å². The lowest BCUT2D eigenvalue weighted by atomic mass is 10.0. The van der Waals surface area contributed by atoms with E-state index < -0.39 is 11.9 Å². The van der Waals surface area contributed by atoms with Crippen LogP contribution in [0, 0.1) is 0 Å². The zero-order chi connectivity index (χ0) is 21.8. The summed E-state index contributed by atoms with van der Waals surface area (Å²) in [6, 6.07) is 6.14. The Balaban J connectivity index is 1.75. The smallest absolute Gasteiger partial charge is 0.339 e. The first-order valence-electron chi connectivity index (χ1n) is 9.32. The van der Waals surface area contributed by atoms with Gasteiger partial charge in [0.05, 0.1) is 16.9 Å². The van der Waals surface area contributed by atoms with Gasteiger partial charge < -0.3 is 24.6 Å². The number of carboxylic acids is 1. The fourth-order valence-corrected chi connectivity index (χ4v) is 3.07. The minimum absolute atomic E-state index is 0.00526. The molecule has 0 saturated heterocycles. The van der Waals surface area contributed by atoms with Crippen molar-refractivity contribution in [1.82, 2.24) is 9.72 Å². The third-order valence-corrected chi connectivity index (χ3v) is 4.58. The maximum atomic E-state index is 12.4. The molecule has 0 aliphatic carbocycles. The standard InChI is InChI=1S/C21H21N3O6/c1-3-24-10-15(21(28)29)17(11-24)22-18(27)9-8-16-19(12(2)25)20(30-23-16)13-4-6-14(26)7-5-13/h4-7,10-11,26H,3,8-9H2,1-2H3,(H,22,27)(H,28,29). The number of nitrogens with zero attached hydrogens (tertiary/aromatic N) is 2. The van der Waals surface area contributed by atoms with Crippen LogP contribution in [-0.4, -0.2) is 37.6 Å². The number of nitrogens with one attached hydrogen (secondary N) is 1. The van der Waals surface area contributed by atoms with Gasteiger partial charge in [0.15, 0.2) is 11.5 Å². The molecule has 0 unspecified atom stereocenters. The molecule has 0 saturated carbocycles. The summed E-state index contributed by atoms with van der Waals surface area (Å²) >= 11 is 0. The van der Waals surface area contributed by atoms with Gasteiger partial charge in [-0.3, -0.25) is 9.59 Å². The maximum Gasteiger partial charge on any atom is 0.339 e. The molecule has 156 valence electrons. The van der Waals surface area contributed by atoms with Gasteiger partial charge in [-0.05, 0) is 38.1 Å². The van der Waals surface area contributed by atoms with Gasteiger partial charge in [-0.15, -0.1) is 0 Å². The van der Waals surface area contributed by atoms with Crippen molar-refractivity contribution in [2.75, 3.05) is 5.32 Å². The number of phenols is 1. The van der Waals surface area contributed by atoms with Gasteiger partial charge in [-0.1, -0.05) is 5.16 Å². The number of aromatic hydroxyl groups is 1. The minimum atomic E-state index is -1.13. The molecule has 0 spiro atoms. The first-order chi connectivity index (χ1) is 14.3. The average molecular weight is 411 g/mol. The average Bonchev–Trinajstić information content (AvgIpc) is 3.31. The number of phenolic OH excluding ortho intramolecular Hbond substituents is 1. The SMILES string of the molecule is CCn1cc(NC(=O)CCc2noc(-c3ccc(O)cc3)c2C(C)=O)c(C(=O)O)c1. The number of hydrogen-bond acceptors (Lipinski definition) is 6. The Bertz CT molecular complexity index is 1090. The lowest BCUT2D eigenvalue weighted by molar-refractivity contribution is -0.116. The van der Waals surface area contributed by atoms with Crippen LogP contribution >= 0.6 is 0 Å². The third-order valence-electron chi connectivity index (χ3n) is 4.58. The van der Waals surface area contributed by atoms with E-state index in [4.69, 9.17) is 4.52 Å².